The van der Waals surface area contributed by atoms with Gasteiger partial charge in [0.05, 0.1) is 7.11 Å². The maximum atomic E-state index is 12.5. The monoisotopic (exact) mass is 320 g/mol. The van der Waals surface area contributed by atoms with E-state index in [1.54, 1.807) is 6.07 Å². The Bertz CT molecular complexity index is 573. The highest BCUT2D eigenvalue weighted by atomic mass is 35.5. The first-order valence-electron chi connectivity index (χ1n) is 6.31. The second kappa shape index (κ2) is 6.76. The van der Waals surface area contributed by atoms with Crippen LogP contribution in [0.3, 0.4) is 0 Å². The largest absolute Gasteiger partial charge is 0.495 e. The van der Waals surface area contributed by atoms with Gasteiger partial charge in [0.15, 0.2) is 0 Å². The van der Waals surface area contributed by atoms with E-state index in [4.69, 9.17) is 22.1 Å². The van der Waals surface area contributed by atoms with Crippen molar-refractivity contribution in [1.29, 1.82) is 0 Å². The van der Waals surface area contributed by atoms with E-state index in [1.165, 1.54) is 13.2 Å². The molecule has 0 bridgehead atoms. The van der Waals surface area contributed by atoms with Crippen molar-refractivity contribution in [2.24, 2.45) is 11.7 Å². The minimum atomic E-state index is -3.72. The summed E-state index contributed by atoms with van der Waals surface area (Å²) in [7, 11) is -2.31. The van der Waals surface area contributed by atoms with Gasteiger partial charge in [-0.05, 0) is 25.0 Å². The molecule has 0 aliphatic carbocycles. The smallest absolute Gasteiger partial charge is 0.244 e. The zero-order valence-electron chi connectivity index (χ0n) is 12.1. The molecule has 1 unspecified atom stereocenters. The SMILES string of the molecule is COc1c(CN)cc(Cl)cc1S(=O)(=O)NC(C)C(C)C. The molecule has 0 aliphatic rings. The number of methoxy groups -OCH3 is 1. The molecule has 5 nitrogen and oxygen atoms in total. The highest BCUT2D eigenvalue weighted by molar-refractivity contribution is 7.89. The fourth-order valence-electron chi connectivity index (χ4n) is 1.65. The van der Waals surface area contributed by atoms with E-state index in [-0.39, 0.29) is 29.1 Å². The second-order valence-corrected chi connectivity index (χ2v) is 7.07. The van der Waals surface area contributed by atoms with Crippen LogP contribution in [0.25, 0.3) is 0 Å². The van der Waals surface area contributed by atoms with Crippen LogP contribution in [0.5, 0.6) is 5.75 Å². The minimum Gasteiger partial charge on any atom is -0.495 e. The molecule has 0 fully saturated rings. The first-order valence-corrected chi connectivity index (χ1v) is 8.17. The molecular formula is C13H21ClN2O3S. The van der Waals surface area contributed by atoms with Crippen LogP contribution in [-0.4, -0.2) is 21.6 Å². The van der Waals surface area contributed by atoms with Gasteiger partial charge in [-0.2, -0.15) is 0 Å². The molecule has 0 spiro atoms. The van der Waals surface area contributed by atoms with Crippen LogP contribution in [0.2, 0.25) is 5.02 Å². The summed E-state index contributed by atoms with van der Waals surface area (Å²) in [4.78, 5) is 0.0143. The van der Waals surface area contributed by atoms with Gasteiger partial charge in [0, 0.05) is 23.2 Å². The van der Waals surface area contributed by atoms with E-state index in [1.807, 2.05) is 20.8 Å². The number of nitrogens with two attached hydrogens (primary N) is 1. The maximum Gasteiger partial charge on any atom is 0.244 e. The quantitative estimate of drug-likeness (QED) is 0.841. The molecule has 0 saturated carbocycles. The van der Waals surface area contributed by atoms with Crippen LogP contribution in [0, 0.1) is 5.92 Å². The van der Waals surface area contributed by atoms with Gasteiger partial charge in [-0.1, -0.05) is 25.4 Å². The van der Waals surface area contributed by atoms with Gasteiger partial charge < -0.3 is 10.5 Å². The Morgan fingerprint density at radius 2 is 1.95 bits per heavy atom. The number of hydrogen-bond acceptors (Lipinski definition) is 4. The number of rotatable bonds is 6. The summed E-state index contributed by atoms with van der Waals surface area (Å²) < 4.78 is 32.7. The molecule has 1 aromatic carbocycles. The van der Waals surface area contributed by atoms with Gasteiger partial charge in [-0.15, -0.1) is 0 Å². The van der Waals surface area contributed by atoms with E-state index in [9.17, 15) is 8.42 Å². The number of nitrogens with one attached hydrogen (secondary N) is 1. The van der Waals surface area contributed by atoms with Crippen LogP contribution < -0.4 is 15.2 Å². The molecular weight excluding hydrogens is 300 g/mol. The predicted octanol–water partition coefficient (Wildman–Crippen LogP) is 2.13. The van der Waals surface area contributed by atoms with Gasteiger partial charge in [0.1, 0.15) is 10.6 Å². The van der Waals surface area contributed by atoms with Crippen LogP contribution in [-0.2, 0) is 16.6 Å². The van der Waals surface area contributed by atoms with Crippen molar-refractivity contribution in [3.8, 4) is 5.75 Å². The van der Waals surface area contributed by atoms with E-state index in [0.717, 1.165) is 0 Å². The molecule has 114 valence electrons. The van der Waals surface area contributed by atoms with Crippen molar-refractivity contribution in [2.75, 3.05) is 7.11 Å². The Balaban J connectivity index is 3.34. The highest BCUT2D eigenvalue weighted by Gasteiger charge is 2.25. The lowest BCUT2D eigenvalue weighted by Gasteiger charge is -2.20. The molecule has 3 N–H and O–H groups in total. The summed E-state index contributed by atoms with van der Waals surface area (Å²) in [5.41, 5.74) is 6.16. The molecule has 1 atom stereocenters. The lowest BCUT2D eigenvalue weighted by Crippen LogP contribution is -2.36. The molecule has 0 amide bonds. The van der Waals surface area contributed by atoms with Gasteiger partial charge in [0.25, 0.3) is 0 Å². The Morgan fingerprint density at radius 3 is 2.40 bits per heavy atom. The summed E-state index contributed by atoms with van der Waals surface area (Å²) >= 11 is 5.96. The normalized spacial score (nSPS) is 13.6. The Morgan fingerprint density at radius 1 is 1.35 bits per heavy atom. The number of benzene rings is 1. The topological polar surface area (TPSA) is 81.4 Å². The van der Waals surface area contributed by atoms with Crippen molar-refractivity contribution in [1.82, 2.24) is 4.72 Å². The first kappa shape index (κ1) is 17.2. The zero-order chi connectivity index (χ0) is 15.5. The van der Waals surface area contributed by atoms with E-state index in [2.05, 4.69) is 4.72 Å². The number of halogens is 1. The molecule has 0 aromatic heterocycles. The van der Waals surface area contributed by atoms with Crippen molar-refractivity contribution < 1.29 is 13.2 Å². The number of ether oxygens (including phenoxy) is 1. The van der Waals surface area contributed by atoms with E-state index < -0.39 is 10.0 Å². The molecule has 1 rings (SSSR count). The van der Waals surface area contributed by atoms with Crippen molar-refractivity contribution in [3.05, 3.63) is 22.7 Å². The Hall–Kier alpha value is -0.820. The summed E-state index contributed by atoms with van der Waals surface area (Å²) in [5.74, 6) is 0.407. The summed E-state index contributed by atoms with van der Waals surface area (Å²) in [6.07, 6.45) is 0. The van der Waals surface area contributed by atoms with Crippen LogP contribution >= 0.6 is 11.6 Å². The summed E-state index contributed by atoms with van der Waals surface area (Å²) in [6, 6.07) is 2.77. The van der Waals surface area contributed by atoms with Crippen LogP contribution in [0.4, 0.5) is 0 Å². The Labute approximate surface area is 125 Å². The average molecular weight is 321 g/mol. The van der Waals surface area contributed by atoms with Crippen LogP contribution in [0.1, 0.15) is 26.3 Å². The van der Waals surface area contributed by atoms with Crippen LogP contribution in [0.15, 0.2) is 17.0 Å². The van der Waals surface area contributed by atoms with E-state index in [0.29, 0.717) is 10.6 Å². The van der Waals surface area contributed by atoms with Crippen molar-refractivity contribution in [2.45, 2.75) is 38.3 Å². The lowest BCUT2D eigenvalue weighted by molar-refractivity contribution is 0.396. The zero-order valence-corrected chi connectivity index (χ0v) is 13.7. The molecule has 0 saturated heterocycles. The first-order chi connectivity index (χ1) is 9.22. The third-order valence-corrected chi connectivity index (χ3v) is 4.93. The van der Waals surface area contributed by atoms with Gasteiger partial charge >= 0.3 is 0 Å². The summed E-state index contributed by atoms with van der Waals surface area (Å²) in [6.45, 7) is 5.83. The number of sulfonamides is 1. The van der Waals surface area contributed by atoms with Crippen molar-refractivity contribution in [3.63, 3.8) is 0 Å². The van der Waals surface area contributed by atoms with Crippen molar-refractivity contribution >= 4 is 21.6 Å². The molecule has 7 heteroatoms. The maximum absolute atomic E-state index is 12.5. The third kappa shape index (κ3) is 3.85. The Kier molecular flexibility index (Phi) is 5.82. The van der Waals surface area contributed by atoms with Gasteiger partial charge in [-0.3, -0.25) is 0 Å². The van der Waals surface area contributed by atoms with Gasteiger partial charge in [-0.25, -0.2) is 13.1 Å². The lowest BCUT2D eigenvalue weighted by atomic mass is 10.1. The fourth-order valence-corrected chi connectivity index (χ4v) is 3.58. The third-order valence-electron chi connectivity index (χ3n) is 3.15. The minimum absolute atomic E-state index is 0.0143. The molecule has 1 aromatic rings. The second-order valence-electron chi connectivity index (χ2n) is 4.95. The molecule has 0 aliphatic heterocycles. The average Bonchev–Trinajstić information content (AvgIpc) is 2.36. The summed E-state index contributed by atoms with van der Waals surface area (Å²) in [5, 5.41) is 0.309. The standard InChI is InChI=1S/C13H21ClN2O3S/c1-8(2)9(3)16-20(17,18)12-6-11(14)5-10(7-15)13(12)19-4/h5-6,8-9,16H,7,15H2,1-4H3. The number of hydrogen-bond donors (Lipinski definition) is 2. The molecule has 20 heavy (non-hydrogen) atoms. The van der Waals surface area contributed by atoms with E-state index >= 15 is 0 Å². The molecule has 0 heterocycles. The fraction of sp³-hybridized carbons (Fsp3) is 0.538. The molecule has 0 radical (unpaired) electrons. The highest BCUT2D eigenvalue weighted by Crippen LogP contribution is 2.31. The van der Waals surface area contributed by atoms with Gasteiger partial charge in [0.2, 0.25) is 10.0 Å². The predicted molar refractivity (Wildman–Crippen MR) is 80.5 cm³/mol.